The Kier molecular flexibility index (Phi) is 0.501. The molecule has 0 bridgehead atoms. The van der Waals surface area contributed by atoms with Crippen LogP contribution >= 0.6 is 0 Å². The van der Waals surface area contributed by atoms with E-state index in [0.717, 1.165) is 0 Å². The molecular formula is C8H8. The predicted molar refractivity (Wildman–Crippen MR) is 34.5 cm³/mol. The zero-order chi connectivity index (χ0) is 5.61. The Bertz CT molecular complexity index is 192. The lowest BCUT2D eigenvalue weighted by molar-refractivity contribution is 0.929. The van der Waals surface area contributed by atoms with Crippen molar-refractivity contribution in [2.75, 3.05) is 0 Å². The van der Waals surface area contributed by atoms with Crippen molar-refractivity contribution in [3.05, 3.63) is 36.0 Å². The molecule has 2 rings (SSSR count). The summed E-state index contributed by atoms with van der Waals surface area (Å²) < 4.78 is 0. The van der Waals surface area contributed by atoms with Gasteiger partial charge in [0.2, 0.25) is 0 Å². The van der Waals surface area contributed by atoms with Crippen molar-refractivity contribution < 1.29 is 0 Å². The SMILES string of the molecule is CC1=CC12C=CC=C2. The number of rotatable bonds is 0. The molecule has 1 spiro atoms. The molecule has 0 heteroatoms. The number of hydrogen-bond donors (Lipinski definition) is 0. The maximum Gasteiger partial charge on any atom is 0.0459 e. The minimum Gasteiger partial charge on any atom is -0.0667 e. The molecule has 0 unspecified atom stereocenters. The smallest absolute Gasteiger partial charge is 0.0459 e. The molecule has 0 aromatic carbocycles. The maximum absolute atomic E-state index is 2.27. The van der Waals surface area contributed by atoms with Crippen LogP contribution in [-0.2, 0) is 0 Å². The fourth-order valence-electron chi connectivity index (χ4n) is 1.17. The molecule has 0 saturated carbocycles. The van der Waals surface area contributed by atoms with Crippen molar-refractivity contribution in [3.63, 3.8) is 0 Å². The number of hydrogen-bond acceptors (Lipinski definition) is 0. The second-order valence-electron chi connectivity index (χ2n) is 2.48. The Morgan fingerprint density at radius 1 is 1.25 bits per heavy atom. The molecule has 0 amide bonds. The van der Waals surface area contributed by atoms with Crippen molar-refractivity contribution in [2.24, 2.45) is 5.41 Å². The summed E-state index contributed by atoms with van der Waals surface area (Å²) in [7, 11) is 0. The highest BCUT2D eigenvalue weighted by atomic mass is 14.4. The monoisotopic (exact) mass is 104 g/mol. The van der Waals surface area contributed by atoms with Crippen molar-refractivity contribution in [1.29, 1.82) is 0 Å². The number of allylic oxidation sites excluding steroid dienone is 6. The summed E-state index contributed by atoms with van der Waals surface area (Å²) in [6.07, 6.45) is 10.9. The third-order valence-corrected chi connectivity index (χ3v) is 1.91. The van der Waals surface area contributed by atoms with Gasteiger partial charge in [-0.2, -0.15) is 0 Å². The highest BCUT2D eigenvalue weighted by Gasteiger charge is 2.36. The van der Waals surface area contributed by atoms with Crippen LogP contribution in [0.5, 0.6) is 0 Å². The molecule has 0 nitrogen and oxygen atoms in total. The summed E-state index contributed by atoms with van der Waals surface area (Å²) in [4.78, 5) is 0. The van der Waals surface area contributed by atoms with Crippen LogP contribution in [-0.4, -0.2) is 0 Å². The van der Waals surface area contributed by atoms with Crippen LogP contribution in [0, 0.1) is 5.41 Å². The molecule has 0 heterocycles. The average molecular weight is 104 g/mol. The molecule has 0 aromatic rings. The van der Waals surface area contributed by atoms with Crippen LogP contribution in [0.15, 0.2) is 36.0 Å². The molecule has 2 aliphatic rings. The van der Waals surface area contributed by atoms with E-state index in [2.05, 4.69) is 37.3 Å². The van der Waals surface area contributed by atoms with Gasteiger partial charge in [0.15, 0.2) is 0 Å². The molecule has 0 radical (unpaired) electrons. The topological polar surface area (TPSA) is 0 Å². The van der Waals surface area contributed by atoms with Gasteiger partial charge in [0.1, 0.15) is 0 Å². The summed E-state index contributed by atoms with van der Waals surface area (Å²) in [6.45, 7) is 2.17. The van der Waals surface area contributed by atoms with Gasteiger partial charge in [0.25, 0.3) is 0 Å². The van der Waals surface area contributed by atoms with Crippen LogP contribution in [0.25, 0.3) is 0 Å². The van der Waals surface area contributed by atoms with Gasteiger partial charge in [-0.25, -0.2) is 0 Å². The van der Waals surface area contributed by atoms with E-state index in [1.165, 1.54) is 5.57 Å². The molecule has 2 aliphatic carbocycles. The molecular weight excluding hydrogens is 96.1 g/mol. The molecule has 8 heavy (non-hydrogen) atoms. The van der Waals surface area contributed by atoms with E-state index in [1.807, 2.05) is 0 Å². The van der Waals surface area contributed by atoms with E-state index >= 15 is 0 Å². The molecule has 0 aliphatic heterocycles. The molecule has 0 fully saturated rings. The highest BCUT2D eigenvalue weighted by molar-refractivity contribution is 5.53. The summed E-state index contributed by atoms with van der Waals surface area (Å²) in [5.41, 5.74) is 1.82. The first-order chi connectivity index (χ1) is 3.83. The van der Waals surface area contributed by atoms with Crippen molar-refractivity contribution in [3.8, 4) is 0 Å². The third-order valence-electron chi connectivity index (χ3n) is 1.91. The van der Waals surface area contributed by atoms with E-state index in [9.17, 15) is 0 Å². The van der Waals surface area contributed by atoms with E-state index in [4.69, 9.17) is 0 Å². The third kappa shape index (κ3) is 0.313. The summed E-state index contributed by atoms with van der Waals surface area (Å²) in [5, 5.41) is 0. The summed E-state index contributed by atoms with van der Waals surface area (Å²) in [5.74, 6) is 0. The van der Waals surface area contributed by atoms with Gasteiger partial charge < -0.3 is 0 Å². The molecule has 40 valence electrons. The van der Waals surface area contributed by atoms with Gasteiger partial charge in [-0.3, -0.25) is 0 Å². The highest BCUT2D eigenvalue weighted by Crippen LogP contribution is 2.48. The standard InChI is InChI=1S/C8H8/c1-7-6-8(7)4-2-3-5-8/h2-6H,1H3. The van der Waals surface area contributed by atoms with E-state index < -0.39 is 0 Å². The van der Waals surface area contributed by atoms with Gasteiger partial charge >= 0.3 is 0 Å². The van der Waals surface area contributed by atoms with Crippen molar-refractivity contribution >= 4 is 0 Å². The van der Waals surface area contributed by atoms with Gasteiger partial charge in [-0.05, 0) is 6.92 Å². The lowest BCUT2D eigenvalue weighted by atomic mass is 10.0. The Labute approximate surface area is 49.2 Å². The van der Waals surface area contributed by atoms with Crippen LogP contribution in [0.4, 0.5) is 0 Å². The van der Waals surface area contributed by atoms with E-state index in [-0.39, 0.29) is 0 Å². The van der Waals surface area contributed by atoms with Crippen molar-refractivity contribution in [2.45, 2.75) is 6.92 Å². The minimum absolute atomic E-state index is 0.333. The van der Waals surface area contributed by atoms with E-state index in [1.54, 1.807) is 0 Å². The van der Waals surface area contributed by atoms with Crippen molar-refractivity contribution in [1.82, 2.24) is 0 Å². The first-order valence-electron chi connectivity index (χ1n) is 2.90. The lowest BCUT2D eigenvalue weighted by Gasteiger charge is -1.98. The molecule has 0 saturated heterocycles. The summed E-state index contributed by atoms with van der Waals surface area (Å²) in [6, 6.07) is 0. The Balaban J connectivity index is 2.34. The molecule has 0 aromatic heterocycles. The normalized spacial score (nSPS) is 26.9. The zero-order valence-electron chi connectivity index (χ0n) is 4.89. The quantitative estimate of drug-likeness (QED) is 0.413. The fraction of sp³-hybridized carbons (Fsp3) is 0.250. The summed E-state index contributed by atoms with van der Waals surface area (Å²) >= 11 is 0. The Hall–Kier alpha value is -0.780. The van der Waals surface area contributed by atoms with Gasteiger partial charge in [-0.15, -0.1) is 0 Å². The second-order valence-corrected chi connectivity index (χ2v) is 2.48. The second kappa shape index (κ2) is 0.970. The van der Waals surface area contributed by atoms with Crippen LogP contribution in [0.1, 0.15) is 6.92 Å². The van der Waals surface area contributed by atoms with Crippen LogP contribution in [0.2, 0.25) is 0 Å². The Morgan fingerprint density at radius 3 is 2.00 bits per heavy atom. The minimum atomic E-state index is 0.333. The lowest BCUT2D eigenvalue weighted by Crippen LogP contribution is -1.88. The predicted octanol–water partition coefficient (Wildman–Crippen LogP) is 2.06. The fourth-order valence-corrected chi connectivity index (χ4v) is 1.17. The van der Waals surface area contributed by atoms with Crippen LogP contribution < -0.4 is 0 Å². The molecule has 0 N–H and O–H groups in total. The van der Waals surface area contributed by atoms with Gasteiger partial charge in [-0.1, -0.05) is 36.0 Å². The van der Waals surface area contributed by atoms with Gasteiger partial charge in [0, 0.05) is 5.41 Å². The van der Waals surface area contributed by atoms with E-state index in [0.29, 0.717) is 5.41 Å². The van der Waals surface area contributed by atoms with Gasteiger partial charge in [0.05, 0.1) is 0 Å². The molecule has 0 atom stereocenters. The maximum atomic E-state index is 2.27. The zero-order valence-corrected chi connectivity index (χ0v) is 4.89. The average Bonchev–Trinajstić information content (AvgIpc) is 2.29. The first kappa shape index (κ1) is 4.13. The van der Waals surface area contributed by atoms with Crippen LogP contribution in [0.3, 0.4) is 0 Å². The first-order valence-corrected chi connectivity index (χ1v) is 2.90. The largest absolute Gasteiger partial charge is 0.0667 e. The Morgan fingerprint density at radius 2 is 1.75 bits per heavy atom.